The van der Waals surface area contributed by atoms with Gasteiger partial charge in [0, 0.05) is 12.6 Å². The zero-order chi connectivity index (χ0) is 13.8. The highest BCUT2D eigenvalue weighted by molar-refractivity contribution is 8.93. The Morgan fingerprint density at radius 3 is 2.86 bits per heavy atom. The molecule has 0 fully saturated rings. The lowest BCUT2D eigenvalue weighted by Crippen LogP contribution is -2.24. The van der Waals surface area contributed by atoms with Gasteiger partial charge in [0.15, 0.2) is 0 Å². The summed E-state index contributed by atoms with van der Waals surface area (Å²) in [7, 11) is 1.71. The van der Waals surface area contributed by atoms with Crippen molar-refractivity contribution in [1.82, 2.24) is 5.32 Å². The number of hydrogen-bond acceptors (Lipinski definition) is 2. The van der Waals surface area contributed by atoms with Crippen LogP contribution in [0.2, 0.25) is 0 Å². The van der Waals surface area contributed by atoms with E-state index in [0.717, 1.165) is 12.3 Å². The van der Waals surface area contributed by atoms with Gasteiger partial charge in [0.25, 0.3) is 0 Å². The van der Waals surface area contributed by atoms with Crippen LogP contribution in [0, 0.1) is 0 Å². The van der Waals surface area contributed by atoms with E-state index in [4.69, 9.17) is 4.74 Å². The van der Waals surface area contributed by atoms with Gasteiger partial charge in [-0.05, 0) is 48.1 Å². The minimum Gasteiger partial charge on any atom is -0.497 e. The second-order valence-corrected chi connectivity index (χ2v) is 5.38. The predicted molar refractivity (Wildman–Crippen MR) is 92.3 cm³/mol. The van der Waals surface area contributed by atoms with Crippen LogP contribution in [0.25, 0.3) is 0 Å². The van der Waals surface area contributed by atoms with E-state index in [-0.39, 0.29) is 17.0 Å². The first-order valence-corrected chi connectivity index (χ1v) is 7.31. The number of ether oxygens (including phenoxy) is 1. The quantitative estimate of drug-likeness (QED) is 0.882. The lowest BCUT2D eigenvalue weighted by molar-refractivity contribution is 0.413. The molecule has 1 aliphatic carbocycles. The van der Waals surface area contributed by atoms with Crippen molar-refractivity contribution in [3.63, 3.8) is 0 Å². The van der Waals surface area contributed by atoms with E-state index in [1.54, 1.807) is 7.11 Å². The first kappa shape index (κ1) is 16.1. The zero-order valence-electron chi connectivity index (χ0n) is 12.3. The molecule has 0 aromatic heterocycles. The molecule has 0 aliphatic heterocycles. The Morgan fingerprint density at radius 2 is 2.00 bits per heavy atom. The Labute approximate surface area is 137 Å². The molecule has 0 spiro atoms. The molecule has 112 valence electrons. The maximum atomic E-state index is 5.28. The number of rotatable bonds is 4. The number of fused-ring (bicyclic) bond motifs is 1. The van der Waals surface area contributed by atoms with Crippen molar-refractivity contribution in [2.45, 2.75) is 31.8 Å². The molecule has 0 amide bonds. The summed E-state index contributed by atoms with van der Waals surface area (Å²) in [5.41, 5.74) is 4.25. The topological polar surface area (TPSA) is 21.3 Å². The van der Waals surface area contributed by atoms with Crippen molar-refractivity contribution in [3.8, 4) is 5.75 Å². The molecule has 1 aliphatic rings. The van der Waals surface area contributed by atoms with Crippen molar-refractivity contribution in [3.05, 3.63) is 65.2 Å². The SMILES string of the molecule is Br.COc1cccc(CNC2CCCc3ccccc32)c1. The maximum absolute atomic E-state index is 5.28. The molecule has 21 heavy (non-hydrogen) atoms. The van der Waals surface area contributed by atoms with Crippen LogP contribution in [0.15, 0.2) is 48.5 Å². The second kappa shape index (κ2) is 7.62. The molecule has 0 radical (unpaired) electrons. The first-order valence-electron chi connectivity index (χ1n) is 7.31. The third-order valence-electron chi connectivity index (χ3n) is 4.06. The normalized spacial score (nSPS) is 16.7. The number of methoxy groups -OCH3 is 1. The van der Waals surface area contributed by atoms with E-state index >= 15 is 0 Å². The number of hydrogen-bond donors (Lipinski definition) is 1. The van der Waals surface area contributed by atoms with Crippen LogP contribution >= 0.6 is 17.0 Å². The summed E-state index contributed by atoms with van der Waals surface area (Å²) in [6.45, 7) is 0.885. The van der Waals surface area contributed by atoms with E-state index in [0.29, 0.717) is 6.04 Å². The number of aryl methyl sites for hydroxylation is 1. The van der Waals surface area contributed by atoms with E-state index < -0.39 is 0 Å². The summed E-state index contributed by atoms with van der Waals surface area (Å²) in [4.78, 5) is 0. The average molecular weight is 348 g/mol. The molecule has 0 saturated heterocycles. The fourth-order valence-corrected chi connectivity index (χ4v) is 2.99. The van der Waals surface area contributed by atoms with E-state index in [9.17, 15) is 0 Å². The van der Waals surface area contributed by atoms with Gasteiger partial charge in [0.1, 0.15) is 5.75 Å². The van der Waals surface area contributed by atoms with Crippen molar-refractivity contribution in [1.29, 1.82) is 0 Å². The van der Waals surface area contributed by atoms with Crippen molar-refractivity contribution >= 4 is 17.0 Å². The monoisotopic (exact) mass is 347 g/mol. The van der Waals surface area contributed by atoms with Gasteiger partial charge < -0.3 is 10.1 Å². The maximum Gasteiger partial charge on any atom is 0.119 e. The third-order valence-corrected chi connectivity index (χ3v) is 4.06. The van der Waals surface area contributed by atoms with Crippen molar-refractivity contribution in [2.24, 2.45) is 0 Å². The van der Waals surface area contributed by atoms with Crippen LogP contribution in [-0.4, -0.2) is 7.11 Å². The summed E-state index contributed by atoms with van der Waals surface area (Å²) >= 11 is 0. The number of benzene rings is 2. The Hall–Kier alpha value is -1.32. The Balaban J connectivity index is 0.00000161. The highest BCUT2D eigenvalue weighted by Gasteiger charge is 2.18. The molecule has 1 atom stereocenters. The lowest BCUT2D eigenvalue weighted by atomic mass is 9.87. The summed E-state index contributed by atoms with van der Waals surface area (Å²) in [6, 6.07) is 17.6. The fourth-order valence-electron chi connectivity index (χ4n) is 2.99. The summed E-state index contributed by atoms with van der Waals surface area (Å²) < 4.78 is 5.28. The number of halogens is 1. The average Bonchev–Trinajstić information content (AvgIpc) is 2.53. The summed E-state index contributed by atoms with van der Waals surface area (Å²) in [6.07, 6.45) is 3.71. The fraction of sp³-hybridized carbons (Fsp3) is 0.333. The van der Waals surface area contributed by atoms with Gasteiger partial charge in [0.2, 0.25) is 0 Å². The van der Waals surface area contributed by atoms with Crippen molar-refractivity contribution in [2.75, 3.05) is 7.11 Å². The van der Waals surface area contributed by atoms with E-state index in [2.05, 4.69) is 41.7 Å². The minimum absolute atomic E-state index is 0. The van der Waals surface area contributed by atoms with Gasteiger partial charge in [-0.25, -0.2) is 0 Å². The molecule has 0 saturated carbocycles. The zero-order valence-corrected chi connectivity index (χ0v) is 14.1. The molecular weight excluding hydrogens is 326 g/mol. The van der Waals surface area contributed by atoms with Crippen molar-refractivity contribution < 1.29 is 4.74 Å². The largest absolute Gasteiger partial charge is 0.497 e. The van der Waals surface area contributed by atoms with Gasteiger partial charge in [-0.1, -0.05) is 36.4 Å². The molecule has 2 aromatic rings. The first-order chi connectivity index (χ1) is 9.86. The standard InChI is InChI=1S/C18H21NO.BrH/c1-20-16-9-4-6-14(12-16)13-19-18-11-5-8-15-7-2-3-10-17(15)18;/h2-4,6-7,9-10,12,18-19H,5,8,11,13H2,1H3;1H. The van der Waals surface area contributed by atoms with E-state index in [1.807, 2.05) is 12.1 Å². The smallest absolute Gasteiger partial charge is 0.119 e. The van der Waals surface area contributed by atoms with Crippen LogP contribution in [0.3, 0.4) is 0 Å². The van der Waals surface area contributed by atoms with Gasteiger partial charge >= 0.3 is 0 Å². The van der Waals surface area contributed by atoms with Crippen LogP contribution in [0.5, 0.6) is 5.75 Å². The molecule has 0 heterocycles. The Kier molecular flexibility index (Phi) is 5.83. The molecular formula is C18H22BrNO. The molecule has 2 aromatic carbocycles. The third kappa shape index (κ3) is 3.86. The second-order valence-electron chi connectivity index (χ2n) is 5.38. The number of nitrogens with one attached hydrogen (secondary N) is 1. The summed E-state index contributed by atoms with van der Waals surface area (Å²) in [5.74, 6) is 0.924. The Bertz CT molecular complexity index is 585. The van der Waals surface area contributed by atoms with Crippen LogP contribution < -0.4 is 10.1 Å². The molecule has 0 bridgehead atoms. The Morgan fingerprint density at radius 1 is 1.14 bits per heavy atom. The van der Waals surface area contributed by atoms with Gasteiger partial charge in [-0.3, -0.25) is 0 Å². The molecule has 3 heteroatoms. The van der Waals surface area contributed by atoms with Crippen LogP contribution in [-0.2, 0) is 13.0 Å². The van der Waals surface area contributed by atoms with E-state index in [1.165, 1.54) is 36.0 Å². The summed E-state index contributed by atoms with van der Waals surface area (Å²) in [5, 5.41) is 3.69. The molecule has 1 unspecified atom stereocenters. The molecule has 3 rings (SSSR count). The highest BCUT2D eigenvalue weighted by Crippen LogP contribution is 2.29. The predicted octanol–water partition coefficient (Wildman–Crippen LogP) is 4.44. The minimum atomic E-state index is 0. The molecule has 1 N–H and O–H groups in total. The molecule has 2 nitrogen and oxygen atoms in total. The van der Waals surface area contributed by atoms with Gasteiger partial charge in [-0.2, -0.15) is 0 Å². The van der Waals surface area contributed by atoms with Crippen LogP contribution in [0.4, 0.5) is 0 Å². The van der Waals surface area contributed by atoms with Gasteiger partial charge in [0.05, 0.1) is 7.11 Å². The lowest BCUT2D eigenvalue weighted by Gasteiger charge is -2.26. The highest BCUT2D eigenvalue weighted by atomic mass is 79.9. The van der Waals surface area contributed by atoms with Gasteiger partial charge in [-0.15, -0.1) is 17.0 Å². The van der Waals surface area contributed by atoms with Crippen LogP contribution in [0.1, 0.15) is 35.6 Å².